The molecule has 0 heterocycles. The zero-order valence-corrected chi connectivity index (χ0v) is 17.6. The van der Waals surface area contributed by atoms with E-state index in [4.69, 9.17) is 23.7 Å². The Bertz CT molecular complexity index is 549. The molecule has 4 fully saturated rings. The highest BCUT2D eigenvalue weighted by Crippen LogP contribution is 2.63. The van der Waals surface area contributed by atoms with Crippen LogP contribution in [0, 0.1) is 11.3 Å². The summed E-state index contributed by atoms with van der Waals surface area (Å²) in [6.07, 6.45) is 5.88. The fourth-order valence-corrected chi connectivity index (χ4v) is 5.53. The van der Waals surface area contributed by atoms with Crippen molar-refractivity contribution in [3.8, 4) is 0 Å². The Morgan fingerprint density at radius 1 is 0.963 bits per heavy atom. The zero-order valence-electron chi connectivity index (χ0n) is 17.6. The van der Waals surface area contributed by atoms with Gasteiger partial charge < -0.3 is 23.7 Å². The highest BCUT2D eigenvalue weighted by Gasteiger charge is 2.66. The number of hydrogen-bond donors (Lipinski definition) is 0. The van der Waals surface area contributed by atoms with Crippen molar-refractivity contribution in [3.63, 3.8) is 0 Å². The average Bonchev–Trinajstić information content (AvgIpc) is 2.58. The molecule has 0 aliphatic heterocycles. The standard InChI is InChI=1S/C21H36O6/c1-6-18(3,4)17(22)27-21-10-16-8-19(12-21,25-14-23-5)11-20(9-16,13-21)26-15-24-7-2/h16H,6-15H2,1-5H3. The number of hydrogen-bond acceptors (Lipinski definition) is 6. The first-order valence-corrected chi connectivity index (χ1v) is 10.3. The van der Waals surface area contributed by atoms with Gasteiger partial charge in [-0.2, -0.15) is 0 Å². The third kappa shape index (κ3) is 4.19. The average molecular weight is 385 g/mol. The van der Waals surface area contributed by atoms with Crippen LogP contribution in [0.15, 0.2) is 0 Å². The minimum atomic E-state index is -0.511. The normalized spacial score (nSPS) is 37.6. The molecule has 156 valence electrons. The Kier molecular flexibility index (Phi) is 5.93. The molecule has 4 atom stereocenters. The van der Waals surface area contributed by atoms with E-state index in [0.717, 1.165) is 44.9 Å². The van der Waals surface area contributed by atoms with Gasteiger partial charge >= 0.3 is 5.97 Å². The van der Waals surface area contributed by atoms with Crippen LogP contribution in [0.4, 0.5) is 0 Å². The second kappa shape index (κ2) is 7.62. The third-order valence-electron chi connectivity index (χ3n) is 6.80. The summed E-state index contributed by atoms with van der Waals surface area (Å²) in [4.78, 5) is 12.9. The van der Waals surface area contributed by atoms with Gasteiger partial charge in [-0.15, -0.1) is 0 Å². The highest BCUT2D eigenvalue weighted by molar-refractivity contribution is 5.76. The molecular weight excluding hydrogens is 348 g/mol. The van der Waals surface area contributed by atoms with E-state index in [9.17, 15) is 4.79 Å². The fourth-order valence-electron chi connectivity index (χ4n) is 5.53. The fraction of sp³-hybridized carbons (Fsp3) is 0.952. The van der Waals surface area contributed by atoms with Crippen LogP contribution in [0.25, 0.3) is 0 Å². The van der Waals surface area contributed by atoms with Crippen molar-refractivity contribution in [3.05, 3.63) is 0 Å². The molecule has 4 bridgehead atoms. The summed E-state index contributed by atoms with van der Waals surface area (Å²) >= 11 is 0. The third-order valence-corrected chi connectivity index (χ3v) is 6.80. The molecular formula is C21H36O6. The molecule has 6 heteroatoms. The first-order chi connectivity index (χ1) is 12.7. The predicted molar refractivity (Wildman–Crippen MR) is 100 cm³/mol. The lowest BCUT2D eigenvalue weighted by Gasteiger charge is -2.64. The van der Waals surface area contributed by atoms with Crippen molar-refractivity contribution in [1.29, 1.82) is 0 Å². The molecule has 4 rings (SSSR count). The summed E-state index contributed by atoms with van der Waals surface area (Å²) in [5.74, 6) is 0.311. The Morgan fingerprint density at radius 3 is 2.07 bits per heavy atom. The van der Waals surface area contributed by atoms with Crippen LogP contribution < -0.4 is 0 Å². The lowest BCUT2D eigenvalue weighted by Crippen LogP contribution is -2.68. The summed E-state index contributed by atoms with van der Waals surface area (Å²) in [5, 5.41) is 0. The van der Waals surface area contributed by atoms with E-state index in [0.29, 0.717) is 12.5 Å². The van der Waals surface area contributed by atoms with Crippen LogP contribution in [0.1, 0.15) is 72.6 Å². The number of methoxy groups -OCH3 is 1. The number of carbonyl (C=O) groups is 1. The van der Waals surface area contributed by atoms with Crippen molar-refractivity contribution in [2.75, 3.05) is 27.3 Å². The monoisotopic (exact) mass is 384 g/mol. The highest BCUT2D eigenvalue weighted by atomic mass is 16.7. The van der Waals surface area contributed by atoms with E-state index in [2.05, 4.69) is 0 Å². The zero-order chi connectivity index (χ0) is 19.8. The summed E-state index contributed by atoms with van der Waals surface area (Å²) < 4.78 is 29.4. The molecule has 4 aliphatic carbocycles. The van der Waals surface area contributed by atoms with Gasteiger partial charge in [-0.1, -0.05) is 6.92 Å². The maximum atomic E-state index is 12.9. The molecule has 0 aromatic rings. The van der Waals surface area contributed by atoms with Crippen molar-refractivity contribution in [2.45, 2.75) is 89.4 Å². The van der Waals surface area contributed by atoms with Crippen LogP contribution in [-0.2, 0) is 28.5 Å². The Hall–Kier alpha value is -0.690. The first kappa shape index (κ1) is 21.0. The van der Waals surface area contributed by atoms with Crippen molar-refractivity contribution < 1.29 is 28.5 Å². The Balaban J connectivity index is 1.84. The lowest BCUT2D eigenvalue weighted by atomic mass is 9.50. The summed E-state index contributed by atoms with van der Waals surface area (Å²) in [7, 11) is 1.64. The molecule has 0 spiro atoms. The van der Waals surface area contributed by atoms with Gasteiger partial charge in [0.15, 0.2) is 0 Å². The van der Waals surface area contributed by atoms with Crippen LogP contribution in [-0.4, -0.2) is 50.1 Å². The Morgan fingerprint density at radius 2 is 1.52 bits per heavy atom. The SMILES string of the molecule is CCOCOC12CC3CC(OCOC)(C1)CC(OC(=O)C(C)(C)CC)(C3)C2. The predicted octanol–water partition coefficient (Wildman–Crippen LogP) is 3.81. The minimum absolute atomic E-state index is 0.117. The summed E-state index contributed by atoms with van der Waals surface area (Å²) in [6.45, 7) is 9.03. The molecule has 0 radical (unpaired) electrons. The Labute approximate surface area is 163 Å². The van der Waals surface area contributed by atoms with Gasteiger partial charge in [-0.05, 0) is 52.4 Å². The van der Waals surface area contributed by atoms with E-state index < -0.39 is 11.0 Å². The van der Waals surface area contributed by atoms with Crippen molar-refractivity contribution in [2.24, 2.45) is 11.3 Å². The molecule has 0 N–H and O–H groups in total. The lowest BCUT2D eigenvalue weighted by molar-refractivity contribution is -0.308. The van der Waals surface area contributed by atoms with E-state index in [1.807, 2.05) is 27.7 Å². The number of carbonyl (C=O) groups excluding carboxylic acids is 1. The van der Waals surface area contributed by atoms with E-state index in [1.165, 1.54) is 0 Å². The molecule has 4 unspecified atom stereocenters. The second-order valence-electron chi connectivity index (χ2n) is 9.49. The molecule has 0 amide bonds. The van der Waals surface area contributed by atoms with Gasteiger partial charge in [-0.3, -0.25) is 4.79 Å². The quantitative estimate of drug-likeness (QED) is 0.324. The largest absolute Gasteiger partial charge is 0.458 e. The summed E-state index contributed by atoms with van der Waals surface area (Å²) in [6, 6.07) is 0. The van der Waals surface area contributed by atoms with Crippen molar-refractivity contribution >= 4 is 5.97 Å². The number of ether oxygens (including phenoxy) is 5. The first-order valence-electron chi connectivity index (χ1n) is 10.3. The molecule has 4 saturated carbocycles. The topological polar surface area (TPSA) is 63.2 Å². The summed E-state index contributed by atoms with van der Waals surface area (Å²) in [5.41, 5.74) is -1.69. The second-order valence-corrected chi connectivity index (χ2v) is 9.49. The van der Waals surface area contributed by atoms with Crippen LogP contribution in [0.2, 0.25) is 0 Å². The number of esters is 1. The van der Waals surface area contributed by atoms with Gasteiger partial charge in [0.05, 0.1) is 16.6 Å². The maximum absolute atomic E-state index is 12.9. The van der Waals surface area contributed by atoms with Crippen LogP contribution in [0.5, 0.6) is 0 Å². The minimum Gasteiger partial charge on any atom is -0.458 e. The molecule has 27 heavy (non-hydrogen) atoms. The van der Waals surface area contributed by atoms with Gasteiger partial charge in [0.25, 0.3) is 0 Å². The molecule has 6 nitrogen and oxygen atoms in total. The maximum Gasteiger partial charge on any atom is 0.312 e. The van der Waals surface area contributed by atoms with Crippen molar-refractivity contribution in [1.82, 2.24) is 0 Å². The smallest absolute Gasteiger partial charge is 0.312 e. The molecule has 0 saturated heterocycles. The van der Waals surface area contributed by atoms with Gasteiger partial charge in [-0.25, -0.2) is 0 Å². The molecule has 0 aromatic carbocycles. The molecule has 0 aromatic heterocycles. The van der Waals surface area contributed by atoms with E-state index in [-0.39, 0.29) is 30.8 Å². The van der Waals surface area contributed by atoms with Gasteiger partial charge in [0, 0.05) is 33.0 Å². The molecule has 4 aliphatic rings. The number of rotatable bonds is 10. The van der Waals surface area contributed by atoms with Crippen LogP contribution >= 0.6 is 0 Å². The van der Waals surface area contributed by atoms with E-state index >= 15 is 0 Å². The van der Waals surface area contributed by atoms with Crippen LogP contribution in [0.3, 0.4) is 0 Å². The van der Waals surface area contributed by atoms with E-state index in [1.54, 1.807) is 7.11 Å². The van der Waals surface area contributed by atoms with Gasteiger partial charge in [0.2, 0.25) is 0 Å². The van der Waals surface area contributed by atoms with Gasteiger partial charge in [0.1, 0.15) is 19.2 Å².